The third-order valence-electron chi connectivity index (χ3n) is 3.38. The lowest BCUT2D eigenvalue weighted by atomic mass is 10.0. The lowest BCUT2D eigenvalue weighted by molar-refractivity contribution is 0.0905. The smallest absolute Gasteiger partial charge is 0.290 e. The van der Waals surface area contributed by atoms with Gasteiger partial charge in [-0.15, -0.1) is 0 Å². The van der Waals surface area contributed by atoms with E-state index >= 15 is 0 Å². The van der Waals surface area contributed by atoms with E-state index in [1.807, 2.05) is 0 Å². The summed E-state index contributed by atoms with van der Waals surface area (Å²) < 4.78 is 18.1. The van der Waals surface area contributed by atoms with E-state index in [4.69, 9.17) is 4.52 Å². The molecule has 3 rings (SSSR count). The number of aliphatic hydroxyl groups excluding tert-OH is 1. The van der Waals surface area contributed by atoms with Crippen LogP contribution in [0.25, 0.3) is 11.3 Å². The molecule has 2 aromatic rings. The summed E-state index contributed by atoms with van der Waals surface area (Å²) in [4.78, 5) is 12.1. The van der Waals surface area contributed by atoms with Gasteiger partial charge in [0.1, 0.15) is 11.5 Å². The molecule has 0 saturated heterocycles. The second-order valence-corrected chi connectivity index (χ2v) is 5.20. The van der Waals surface area contributed by atoms with E-state index < -0.39 is 6.10 Å². The summed E-state index contributed by atoms with van der Waals surface area (Å²) in [6.45, 7) is 1.54. The molecule has 1 atom stereocenters. The molecule has 1 aliphatic rings. The Hall–Kier alpha value is -2.21. The van der Waals surface area contributed by atoms with Crippen LogP contribution in [0, 0.1) is 5.82 Å². The van der Waals surface area contributed by atoms with Crippen LogP contribution in [0.3, 0.4) is 0 Å². The number of benzene rings is 1. The second kappa shape index (κ2) is 5.29. The lowest BCUT2D eigenvalue weighted by Gasteiger charge is -2.07. The minimum absolute atomic E-state index is 0.0104. The van der Waals surface area contributed by atoms with E-state index in [9.17, 15) is 14.3 Å². The van der Waals surface area contributed by atoms with Crippen molar-refractivity contribution in [3.63, 3.8) is 0 Å². The molecular formula is C15H15FN2O3. The number of nitrogens with zero attached hydrogens (tertiary/aromatic N) is 1. The largest absolute Gasteiger partial charge is 0.388 e. The van der Waals surface area contributed by atoms with Crippen molar-refractivity contribution in [2.45, 2.75) is 31.9 Å². The molecule has 0 bridgehead atoms. The minimum Gasteiger partial charge on any atom is -0.388 e. The third-order valence-corrected chi connectivity index (χ3v) is 3.38. The molecule has 110 valence electrons. The van der Waals surface area contributed by atoms with Crippen LogP contribution in [0.4, 0.5) is 4.39 Å². The number of nitrogens with one attached hydrogen (secondary N) is 1. The van der Waals surface area contributed by atoms with Crippen LogP contribution in [0.15, 0.2) is 28.8 Å². The van der Waals surface area contributed by atoms with E-state index in [0.717, 1.165) is 12.8 Å². The van der Waals surface area contributed by atoms with Crippen LogP contribution in [0.1, 0.15) is 42.0 Å². The lowest BCUT2D eigenvalue weighted by Crippen LogP contribution is -2.26. The summed E-state index contributed by atoms with van der Waals surface area (Å²) in [6, 6.07) is 5.82. The number of halogens is 1. The van der Waals surface area contributed by atoms with Crippen LogP contribution in [-0.2, 0) is 0 Å². The molecule has 1 saturated carbocycles. The molecule has 1 aliphatic carbocycles. The van der Waals surface area contributed by atoms with Gasteiger partial charge >= 0.3 is 0 Å². The molecule has 1 amide bonds. The molecule has 1 aromatic heterocycles. The SMILES string of the molecule is CC(O)c1c(-c2ccc(F)cc2)noc1C(=O)NC1CC1. The van der Waals surface area contributed by atoms with Crippen molar-refractivity contribution >= 4 is 5.91 Å². The van der Waals surface area contributed by atoms with Gasteiger partial charge in [0, 0.05) is 11.6 Å². The molecule has 0 spiro atoms. The Balaban J connectivity index is 1.98. The highest BCUT2D eigenvalue weighted by molar-refractivity contribution is 5.95. The van der Waals surface area contributed by atoms with Crippen LogP contribution in [-0.4, -0.2) is 22.2 Å². The van der Waals surface area contributed by atoms with Crippen molar-refractivity contribution in [1.29, 1.82) is 0 Å². The summed E-state index contributed by atoms with van der Waals surface area (Å²) >= 11 is 0. The average molecular weight is 290 g/mol. The van der Waals surface area contributed by atoms with Crippen molar-refractivity contribution in [3.8, 4) is 11.3 Å². The highest BCUT2D eigenvalue weighted by Gasteiger charge is 2.30. The quantitative estimate of drug-likeness (QED) is 0.906. The van der Waals surface area contributed by atoms with E-state index in [2.05, 4.69) is 10.5 Å². The Morgan fingerprint density at radius 2 is 2.10 bits per heavy atom. The first kappa shape index (κ1) is 13.8. The molecule has 21 heavy (non-hydrogen) atoms. The van der Waals surface area contributed by atoms with Gasteiger partial charge in [-0.1, -0.05) is 5.16 Å². The molecule has 0 aliphatic heterocycles. The topological polar surface area (TPSA) is 75.4 Å². The number of carbonyl (C=O) groups is 1. The van der Waals surface area contributed by atoms with Crippen LogP contribution >= 0.6 is 0 Å². The van der Waals surface area contributed by atoms with Gasteiger partial charge in [-0.3, -0.25) is 4.79 Å². The predicted molar refractivity (Wildman–Crippen MR) is 73.0 cm³/mol. The van der Waals surface area contributed by atoms with Crippen molar-refractivity contribution in [1.82, 2.24) is 10.5 Å². The third kappa shape index (κ3) is 2.80. The number of aliphatic hydroxyl groups is 1. The van der Waals surface area contributed by atoms with Crippen LogP contribution in [0.5, 0.6) is 0 Å². The molecule has 1 heterocycles. The van der Waals surface area contributed by atoms with E-state index in [-0.39, 0.29) is 23.5 Å². The van der Waals surface area contributed by atoms with Gasteiger partial charge in [0.2, 0.25) is 5.76 Å². The molecule has 6 heteroatoms. The van der Waals surface area contributed by atoms with Crippen molar-refractivity contribution in [2.75, 3.05) is 0 Å². The van der Waals surface area contributed by atoms with E-state index in [0.29, 0.717) is 16.8 Å². The Morgan fingerprint density at radius 3 is 2.67 bits per heavy atom. The zero-order valence-electron chi connectivity index (χ0n) is 11.5. The second-order valence-electron chi connectivity index (χ2n) is 5.20. The number of rotatable bonds is 4. The maximum Gasteiger partial charge on any atom is 0.290 e. The van der Waals surface area contributed by atoms with Gasteiger partial charge in [-0.2, -0.15) is 0 Å². The van der Waals surface area contributed by atoms with Gasteiger partial charge in [0.15, 0.2) is 0 Å². The number of hydrogen-bond donors (Lipinski definition) is 2. The molecule has 1 aromatic carbocycles. The highest BCUT2D eigenvalue weighted by atomic mass is 19.1. The summed E-state index contributed by atoms with van der Waals surface area (Å²) in [7, 11) is 0. The molecule has 2 N–H and O–H groups in total. The van der Waals surface area contributed by atoms with Gasteiger partial charge in [-0.25, -0.2) is 4.39 Å². The van der Waals surface area contributed by atoms with E-state index in [1.54, 1.807) is 0 Å². The molecule has 1 unspecified atom stereocenters. The standard InChI is InChI=1S/C15H15FN2O3/c1-8(19)12-13(9-2-4-10(16)5-3-9)18-21-14(12)15(20)17-11-6-7-11/h2-5,8,11,19H,6-7H2,1H3,(H,17,20). The number of aromatic nitrogens is 1. The van der Waals surface area contributed by atoms with Crippen LogP contribution < -0.4 is 5.32 Å². The monoisotopic (exact) mass is 290 g/mol. The predicted octanol–water partition coefficient (Wildman–Crippen LogP) is 2.43. The number of hydrogen-bond acceptors (Lipinski definition) is 4. The van der Waals surface area contributed by atoms with Gasteiger partial charge < -0.3 is 14.9 Å². The Kier molecular flexibility index (Phi) is 3.47. The zero-order chi connectivity index (χ0) is 15.0. The fourth-order valence-corrected chi connectivity index (χ4v) is 2.14. The number of carbonyl (C=O) groups excluding carboxylic acids is 1. The van der Waals surface area contributed by atoms with Crippen molar-refractivity contribution < 1.29 is 18.8 Å². The first-order valence-electron chi connectivity index (χ1n) is 6.80. The Labute approximate surface area is 120 Å². The fourth-order valence-electron chi connectivity index (χ4n) is 2.14. The normalized spacial score (nSPS) is 15.8. The van der Waals surface area contributed by atoms with Gasteiger partial charge in [0.25, 0.3) is 5.91 Å². The molecular weight excluding hydrogens is 275 g/mol. The summed E-state index contributed by atoms with van der Waals surface area (Å²) in [5.74, 6) is -0.738. The van der Waals surface area contributed by atoms with Crippen molar-refractivity contribution in [2.24, 2.45) is 0 Å². The van der Waals surface area contributed by atoms with E-state index in [1.165, 1.54) is 31.2 Å². The summed E-state index contributed by atoms with van der Waals surface area (Å²) in [5, 5.41) is 16.6. The Bertz CT molecular complexity index is 660. The summed E-state index contributed by atoms with van der Waals surface area (Å²) in [5.41, 5.74) is 1.26. The molecule has 1 fully saturated rings. The van der Waals surface area contributed by atoms with Gasteiger partial charge in [-0.05, 0) is 44.0 Å². The number of amides is 1. The zero-order valence-corrected chi connectivity index (χ0v) is 11.5. The van der Waals surface area contributed by atoms with Crippen LogP contribution in [0.2, 0.25) is 0 Å². The minimum atomic E-state index is -0.920. The maximum absolute atomic E-state index is 13.0. The molecule has 5 nitrogen and oxygen atoms in total. The summed E-state index contributed by atoms with van der Waals surface area (Å²) in [6.07, 6.45) is 0.986. The van der Waals surface area contributed by atoms with Gasteiger partial charge in [0.05, 0.1) is 11.7 Å². The highest BCUT2D eigenvalue weighted by Crippen LogP contribution is 2.31. The Morgan fingerprint density at radius 1 is 1.43 bits per heavy atom. The first-order valence-corrected chi connectivity index (χ1v) is 6.80. The average Bonchev–Trinajstić information content (AvgIpc) is 3.14. The first-order chi connectivity index (χ1) is 10.1. The van der Waals surface area contributed by atoms with Crippen molar-refractivity contribution in [3.05, 3.63) is 41.4 Å². The fraction of sp³-hybridized carbons (Fsp3) is 0.333. The molecule has 0 radical (unpaired) electrons. The maximum atomic E-state index is 13.0.